The number of carbonyl (C=O) groups excluding carboxylic acids is 1. The molecule has 0 saturated heterocycles. The Labute approximate surface area is 130 Å². The molecular formula is C15H16F3N3O2. The molecular weight excluding hydrogens is 311 g/mol. The van der Waals surface area contributed by atoms with Gasteiger partial charge in [0.05, 0.1) is 12.0 Å². The molecule has 0 radical (unpaired) electrons. The van der Waals surface area contributed by atoms with Crippen molar-refractivity contribution in [3.8, 4) is 5.75 Å². The van der Waals surface area contributed by atoms with Crippen LogP contribution in [0.3, 0.4) is 0 Å². The van der Waals surface area contributed by atoms with E-state index in [0.717, 1.165) is 0 Å². The molecule has 2 N–H and O–H groups in total. The minimum Gasteiger partial charge on any atom is -0.406 e. The number of ether oxygens (including phenoxy) is 1. The maximum Gasteiger partial charge on any atom is 0.573 e. The van der Waals surface area contributed by atoms with Gasteiger partial charge in [-0.3, -0.25) is 4.79 Å². The number of benzene rings is 1. The largest absolute Gasteiger partial charge is 0.573 e. The summed E-state index contributed by atoms with van der Waals surface area (Å²) < 4.78 is 40.2. The number of imidazole rings is 1. The van der Waals surface area contributed by atoms with Crippen molar-refractivity contribution in [1.29, 1.82) is 0 Å². The van der Waals surface area contributed by atoms with Gasteiger partial charge in [0.25, 0.3) is 0 Å². The number of H-pyrrole nitrogens is 1. The predicted octanol–water partition coefficient (Wildman–Crippen LogP) is 2.90. The molecule has 124 valence electrons. The quantitative estimate of drug-likeness (QED) is 0.887. The molecule has 8 heteroatoms. The molecule has 0 spiro atoms. The van der Waals surface area contributed by atoms with Crippen LogP contribution in [0, 0.1) is 0 Å². The SMILES string of the molecule is CC(C)(NC(=O)Cc1ncc[nH]1)c1ccc(OC(F)(F)F)cc1. The number of rotatable bonds is 5. The van der Waals surface area contributed by atoms with Gasteiger partial charge >= 0.3 is 6.36 Å². The van der Waals surface area contributed by atoms with Gasteiger partial charge in [0.15, 0.2) is 0 Å². The third kappa shape index (κ3) is 5.01. The summed E-state index contributed by atoms with van der Waals surface area (Å²) in [6.07, 6.45) is -1.47. The van der Waals surface area contributed by atoms with Crippen LogP contribution in [0.2, 0.25) is 0 Å². The summed E-state index contributed by atoms with van der Waals surface area (Å²) in [5, 5.41) is 2.82. The normalized spacial score (nSPS) is 12.0. The van der Waals surface area contributed by atoms with Crippen molar-refractivity contribution < 1.29 is 22.7 Å². The lowest BCUT2D eigenvalue weighted by Gasteiger charge is -2.27. The molecule has 2 aromatic rings. The number of nitrogens with one attached hydrogen (secondary N) is 2. The van der Waals surface area contributed by atoms with Crippen LogP contribution in [-0.4, -0.2) is 22.2 Å². The smallest absolute Gasteiger partial charge is 0.406 e. The first-order valence-corrected chi connectivity index (χ1v) is 6.81. The van der Waals surface area contributed by atoms with E-state index < -0.39 is 11.9 Å². The molecule has 1 amide bonds. The fraction of sp³-hybridized carbons (Fsp3) is 0.333. The number of nitrogens with zero attached hydrogens (tertiary/aromatic N) is 1. The molecule has 1 aromatic carbocycles. The number of alkyl halides is 3. The second kappa shape index (κ2) is 6.31. The molecule has 0 atom stereocenters. The van der Waals surface area contributed by atoms with E-state index in [4.69, 9.17) is 0 Å². The summed E-state index contributed by atoms with van der Waals surface area (Å²) in [5.74, 6) is -0.0215. The van der Waals surface area contributed by atoms with E-state index in [-0.39, 0.29) is 18.1 Å². The number of halogens is 3. The number of aromatic amines is 1. The molecule has 0 saturated carbocycles. The maximum absolute atomic E-state index is 12.1. The number of aromatic nitrogens is 2. The fourth-order valence-corrected chi connectivity index (χ4v) is 2.08. The molecule has 0 bridgehead atoms. The summed E-state index contributed by atoms with van der Waals surface area (Å²) in [7, 11) is 0. The Morgan fingerprint density at radius 2 is 1.91 bits per heavy atom. The average molecular weight is 327 g/mol. The van der Waals surface area contributed by atoms with Crippen molar-refractivity contribution in [3.63, 3.8) is 0 Å². The third-order valence-electron chi connectivity index (χ3n) is 3.14. The Kier molecular flexibility index (Phi) is 4.63. The predicted molar refractivity (Wildman–Crippen MR) is 76.6 cm³/mol. The molecule has 2 rings (SSSR count). The minimum atomic E-state index is -4.73. The van der Waals surface area contributed by atoms with Crippen LogP contribution in [0.1, 0.15) is 25.2 Å². The zero-order valence-electron chi connectivity index (χ0n) is 12.6. The van der Waals surface area contributed by atoms with E-state index >= 15 is 0 Å². The average Bonchev–Trinajstić information content (AvgIpc) is 2.89. The molecule has 5 nitrogen and oxygen atoms in total. The van der Waals surface area contributed by atoms with E-state index in [1.54, 1.807) is 26.2 Å². The van der Waals surface area contributed by atoms with Gasteiger partial charge in [0, 0.05) is 12.4 Å². The van der Waals surface area contributed by atoms with Crippen LogP contribution < -0.4 is 10.1 Å². The van der Waals surface area contributed by atoms with Gasteiger partial charge in [-0.1, -0.05) is 12.1 Å². The zero-order chi connectivity index (χ0) is 17.1. The van der Waals surface area contributed by atoms with Crippen molar-refractivity contribution in [2.75, 3.05) is 0 Å². The maximum atomic E-state index is 12.1. The van der Waals surface area contributed by atoms with Gasteiger partial charge in [0.2, 0.25) is 5.91 Å². The molecule has 1 aromatic heterocycles. The van der Waals surface area contributed by atoms with Gasteiger partial charge in [-0.05, 0) is 31.5 Å². The first-order chi connectivity index (χ1) is 10.7. The second-order valence-corrected chi connectivity index (χ2v) is 5.46. The lowest BCUT2D eigenvalue weighted by Crippen LogP contribution is -2.41. The van der Waals surface area contributed by atoms with E-state index in [9.17, 15) is 18.0 Å². The second-order valence-electron chi connectivity index (χ2n) is 5.46. The zero-order valence-corrected chi connectivity index (χ0v) is 12.6. The molecule has 0 aliphatic rings. The van der Waals surface area contributed by atoms with Gasteiger partial charge < -0.3 is 15.0 Å². The monoisotopic (exact) mass is 327 g/mol. The molecule has 1 heterocycles. The van der Waals surface area contributed by atoms with E-state index in [1.165, 1.54) is 24.3 Å². The summed E-state index contributed by atoms with van der Waals surface area (Å²) in [4.78, 5) is 18.8. The number of amides is 1. The van der Waals surface area contributed by atoms with Gasteiger partial charge in [0.1, 0.15) is 11.6 Å². The van der Waals surface area contributed by atoms with Crippen molar-refractivity contribution in [1.82, 2.24) is 15.3 Å². The van der Waals surface area contributed by atoms with Crippen molar-refractivity contribution in [2.45, 2.75) is 32.2 Å². The van der Waals surface area contributed by atoms with Gasteiger partial charge in [-0.25, -0.2) is 4.98 Å². The first-order valence-electron chi connectivity index (χ1n) is 6.81. The Bertz CT molecular complexity index is 650. The Balaban J connectivity index is 2.02. The highest BCUT2D eigenvalue weighted by molar-refractivity contribution is 5.78. The van der Waals surface area contributed by atoms with Crippen LogP contribution in [0.15, 0.2) is 36.7 Å². The van der Waals surface area contributed by atoms with Crippen molar-refractivity contribution in [3.05, 3.63) is 48.0 Å². The molecule has 0 aliphatic heterocycles. The number of hydrogen-bond acceptors (Lipinski definition) is 3. The van der Waals surface area contributed by atoms with Gasteiger partial charge in [-0.2, -0.15) is 0 Å². The van der Waals surface area contributed by atoms with Crippen molar-refractivity contribution >= 4 is 5.91 Å². The lowest BCUT2D eigenvalue weighted by molar-refractivity contribution is -0.274. The summed E-state index contributed by atoms with van der Waals surface area (Å²) >= 11 is 0. The highest BCUT2D eigenvalue weighted by atomic mass is 19.4. The van der Waals surface area contributed by atoms with Crippen molar-refractivity contribution in [2.24, 2.45) is 0 Å². The van der Waals surface area contributed by atoms with Crippen LogP contribution in [0.25, 0.3) is 0 Å². The van der Waals surface area contributed by atoms with E-state index in [0.29, 0.717) is 11.4 Å². The number of hydrogen-bond donors (Lipinski definition) is 2. The summed E-state index contributed by atoms with van der Waals surface area (Å²) in [6.45, 7) is 3.51. The summed E-state index contributed by atoms with van der Waals surface area (Å²) in [5.41, 5.74) is -0.0970. The molecule has 0 unspecified atom stereocenters. The Morgan fingerprint density at radius 1 is 1.26 bits per heavy atom. The lowest BCUT2D eigenvalue weighted by atomic mass is 9.94. The fourth-order valence-electron chi connectivity index (χ4n) is 2.08. The standard InChI is InChI=1S/C15H16F3N3O2/c1-14(2,21-13(22)9-12-19-7-8-20-12)10-3-5-11(6-4-10)23-15(16,17)18/h3-8H,9H2,1-2H3,(H,19,20)(H,21,22). The van der Waals surface area contributed by atoms with Crippen LogP contribution in [0.5, 0.6) is 5.75 Å². The number of carbonyl (C=O) groups is 1. The topological polar surface area (TPSA) is 67.0 Å². The molecule has 0 aliphatic carbocycles. The third-order valence-corrected chi connectivity index (χ3v) is 3.14. The Morgan fingerprint density at radius 3 is 2.43 bits per heavy atom. The summed E-state index contributed by atoms with van der Waals surface area (Å²) in [6, 6.07) is 5.38. The van der Waals surface area contributed by atoms with E-state index in [2.05, 4.69) is 20.0 Å². The Hall–Kier alpha value is -2.51. The first kappa shape index (κ1) is 16.9. The van der Waals surface area contributed by atoms with Crippen LogP contribution >= 0.6 is 0 Å². The van der Waals surface area contributed by atoms with Crippen LogP contribution in [-0.2, 0) is 16.8 Å². The van der Waals surface area contributed by atoms with Gasteiger partial charge in [-0.15, -0.1) is 13.2 Å². The highest BCUT2D eigenvalue weighted by Crippen LogP contribution is 2.26. The molecule has 0 fully saturated rings. The molecule has 23 heavy (non-hydrogen) atoms. The minimum absolute atomic E-state index is 0.0890. The van der Waals surface area contributed by atoms with E-state index in [1.807, 2.05) is 0 Å². The highest BCUT2D eigenvalue weighted by Gasteiger charge is 2.31. The van der Waals surface area contributed by atoms with Crippen LogP contribution in [0.4, 0.5) is 13.2 Å².